The molecule has 0 atom stereocenters. The lowest BCUT2D eigenvalue weighted by atomic mass is 10.2. The van der Waals surface area contributed by atoms with Crippen LogP contribution in [0.15, 0.2) is 48.5 Å². The molecule has 1 amide bonds. The summed E-state index contributed by atoms with van der Waals surface area (Å²) in [6.07, 6.45) is -4.40. The molecule has 0 saturated carbocycles. The number of fused-ring (bicyclic) bond motifs is 1. The molecule has 33 heavy (non-hydrogen) atoms. The molecule has 0 radical (unpaired) electrons. The minimum atomic E-state index is -4.40. The number of aromatic nitrogens is 6. The van der Waals surface area contributed by atoms with E-state index in [0.717, 1.165) is 23.0 Å². The molecular formula is C21H19F3N8O. The molecule has 1 fully saturated rings. The average molecular weight is 456 g/mol. The number of para-hydroxylation sites is 1. The van der Waals surface area contributed by atoms with Crippen molar-refractivity contribution in [3.8, 4) is 5.69 Å². The molecule has 0 aliphatic carbocycles. The summed E-state index contributed by atoms with van der Waals surface area (Å²) in [6, 6.07) is 12.2. The second kappa shape index (κ2) is 8.28. The number of carbonyl (C=O) groups is 1. The standard InChI is InChI=1S/C21H19F3N8O/c22-21(23,24)14-5-7-15(8-6-14)32-18(26-28-29-32)13-30-9-11-31(12-10-30)20(33)19-16-3-1-2-4-17(16)25-27-19/h1-8H,9-13H2,(H,25,27). The lowest BCUT2D eigenvalue weighted by Crippen LogP contribution is -2.48. The van der Waals surface area contributed by atoms with Gasteiger partial charge in [0.15, 0.2) is 11.5 Å². The van der Waals surface area contributed by atoms with Crippen LogP contribution in [0.4, 0.5) is 13.2 Å². The number of alkyl halides is 3. The van der Waals surface area contributed by atoms with Gasteiger partial charge in [0.05, 0.1) is 23.3 Å². The van der Waals surface area contributed by atoms with Crippen molar-refractivity contribution in [3.63, 3.8) is 0 Å². The monoisotopic (exact) mass is 456 g/mol. The highest BCUT2D eigenvalue weighted by Gasteiger charge is 2.30. The number of rotatable bonds is 4. The Hall–Kier alpha value is -3.80. The van der Waals surface area contributed by atoms with Crippen LogP contribution in [0.1, 0.15) is 21.9 Å². The molecule has 1 aliphatic heterocycles. The number of amides is 1. The molecule has 0 spiro atoms. The Morgan fingerprint density at radius 2 is 1.73 bits per heavy atom. The molecule has 170 valence electrons. The first kappa shape index (κ1) is 21.1. The van der Waals surface area contributed by atoms with Gasteiger partial charge in [0.2, 0.25) is 0 Å². The number of benzene rings is 2. The van der Waals surface area contributed by atoms with Crippen molar-refractivity contribution in [2.45, 2.75) is 12.7 Å². The first-order valence-corrected chi connectivity index (χ1v) is 10.3. The predicted molar refractivity (Wildman–Crippen MR) is 111 cm³/mol. The Bertz CT molecular complexity index is 1270. The van der Waals surface area contributed by atoms with E-state index in [1.165, 1.54) is 16.8 Å². The Morgan fingerprint density at radius 3 is 2.45 bits per heavy atom. The van der Waals surface area contributed by atoms with E-state index in [2.05, 4.69) is 30.6 Å². The lowest BCUT2D eigenvalue weighted by molar-refractivity contribution is -0.137. The first-order valence-electron chi connectivity index (χ1n) is 10.3. The molecule has 1 aliphatic rings. The zero-order valence-electron chi connectivity index (χ0n) is 17.3. The number of hydrogen-bond acceptors (Lipinski definition) is 6. The molecule has 4 aromatic rings. The number of tetrazole rings is 1. The molecule has 3 heterocycles. The van der Waals surface area contributed by atoms with E-state index in [4.69, 9.17) is 0 Å². The van der Waals surface area contributed by atoms with E-state index in [1.807, 2.05) is 24.3 Å². The number of piperazine rings is 1. The van der Waals surface area contributed by atoms with E-state index in [-0.39, 0.29) is 5.91 Å². The van der Waals surface area contributed by atoms with E-state index in [0.29, 0.717) is 49.9 Å². The van der Waals surface area contributed by atoms with Gasteiger partial charge in [-0.25, -0.2) is 0 Å². The summed E-state index contributed by atoms with van der Waals surface area (Å²) in [4.78, 5) is 16.8. The van der Waals surface area contributed by atoms with Crippen molar-refractivity contribution < 1.29 is 18.0 Å². The molecular weight excluding hydrogens is 437 g/mol. The van der Waals surface area contributed by atoms with Crippen LogP contribution in [0.5, 0.6) is 0 Å². The fourth-order valence-electron chi connectivity index (χ4n) is 3.88. The summed E-state index contributed by atoms with van der Waals surface area (Å²) in [5.41, 5.74) is 0.938. The van der Waals surface area contributed by atoms with Gasteiger partial charge >= 0.3 is 6.18 Å². The maximum atomic E-state index is 12.9. The Kier molecular flexibility index (Phi) is 5.29. The lowest BCUT2D eigenvalue weighted by Gasteiger charge is -2.34. The molecule has 0 unspecified atom stereocenters. The maximum absolute atomic E-state index is 12.9. The number of nitrogens with zero attached hydrogens (tertiary/aromatic N) is 7. The number of halogens is 3. The molecule has 1 N–H and O–H groups in total. The van der Waals surface area contributed by atoms with E-state index < -0.39 is 11.7 Å². The third kappa shape index (κ3) is 4.16. The number of carbonyl (C=O) groups excluding carboxylic acids is 1. The van der Waals surface area contributed by atoms with Crippen molar-refractivity contribution >= 4 is 16.8 Å². The van der Waals surface area contributed by atoms with Crippen LogP contribution < -0.4 is 0 Å². The molecule has 2 aromatic carbocycles. The van der Waals surface area contributed by atoms with Gasteiger partial charge in [-0.05, 0) is 40.8 Å². The minimum absolute atomic E-state index is 0.123. The van der Waals surface area contributed by atoms with Crippen LogP contribution >= 0.6 is 0 Å². The molecule has 12 heteroatoms. The van der Waals surface area contributed by atoms with Crippen LogP contribution in [0.3, 0.4) is 0 Å². The van der Waals surface area contributed by atoms with E-state index in [1.54, 1.807) is 4.90 Å². The van der Waals surface area contributed by atoms with Gasteiger partial charge in [-0.2, -0.15) is 23.0 Å². The maximum Gasteiger partial charge on any atom is 0.416 e. The number of hydrogen-bond donors (Lipinski definition) is 1. The summed E-state index contributed by atoms with van der Waals surface area (Å²) in [6.45, 7) is 2.65. The normalized spacial score (nSPS) is 15.3. The number of nitrogens with one attached hydrogen (secondary N) is 1. The number of aromatic amines is 1. The minimum Gasteiger partial charge on any atom is -0.335 e. The second-order valence-electron chi connectivity index (χ2n) is 7.74. The van der Waals surface area contributed by atoms with Crippen LogP contribution in [0.25, 0.3) is 16.6 Å². The summed E-state index contributed by atoms with van der Waals surface area (Å²) in [5.74, 6) is 0.384. The van der Waals surface area contributed by atoms with Crippen LogP contribution in [0, 0.1) is 0 Å². The molecule has 1 saturated heterocycles. The average Bonchev–Trinajstić information content (AvgIpc) is 3.46. The fraction of sp³-hybridized carbons (Fsp3) is 0.286. The zero-order chi connectivity index (χ0) is 23.0. The Balaban J connectivity index is 1.23. The summed E-state index contributed by atoms with van der Waals surface area (Å²) >= 11 is 0. The topological polar surface area (TPSA) is 95.8 Å². The van der Waals surface area contributed by atoms with Crippen molar-refractivity contribution in [2.75, 3.05) is 26.2 Å². The van der Waals surface area contributed by atoms with Crippen molar-refractivity contribution in [1.29, 1.82) is 0 Å². The van der Waals surface area contributed by atoms with Gasteiger partial charge in [-0.3, -0.25) is 14.8 Å². The van der Waals surface area contributed by atoms with Crippen LogP contribution in [-0.4, -0.2) is 72.3 Å². The summed E-state index contributed by atoms with van der Waals surface area (Å²) in [7, 11) is 0. The van der Waals surface area contributed by atoms with Gasteiger partial charge < -0.3 is 4.90 Å². The zero-order valence-corrected chi connectivity index (χ0v) is 17.3. The highest BCUT2D eigenvalue weighted by molar-refractivity contribution is 6.04. The molecule has 5 rings (SSSR count). The third-order valence-electron chi connectivity index (χ3n) is 5.67. The van der Waals surface area contributed by atoms with Crippen molar-refractivity contribution in [3.05, 3.63) is 65.6 Å². The quantitative estimate of drug-likeness (QED) is 0.507. The van der Waals surface area contributed by atoms with Gasteiger partial charge in [-0.1, -0.05) is 18.2 Å². The fourth-order valence-corrected chi connectivity index (χ4v) is 3.88. The SMILES string of the molecule is O=C(c1n[nH]c2ccccc12)N1CCN(Cc2nnnn2-c2ccc(C(F)(F)F)cc2)CC1. The third-order valence-corrected chi connectivity index (χ3v) is 5.67. The van der Waals surface area contributed by atoms with Gasteiger partial charge in [-0.15, -0.1) is 5.10 Å². The highest BCUT2D eigenvalue weighted by atomic mass is 19.4. The molecule has 0 bridgehead atoms. The van der Waals surface area contributed by atoms with Gasteiger partial charge in [0.25, 0.3) is 5.91 Å². The van der Waals surface area contributed by atoms with E-state index in [9.17, 15) is 18.0 Å². The first-order chi connectivity index (χ1) is 15.9. The highest BCUT2D eigenvalue weighted by Crippen LogP contribution is 2.29. The largest absolute Gasteiger partial charge is 0.416 e. The second-order valence-corrected chi connectivity index (χ2v) is 7.74. The summed E-state index contributed by atoms with van der Waals surface area (Å²) < 4.78 is 39.9. The smallest absolute Gasteiger partial charge is 0.335 e. The number of H-pyrrole nitrogens is 1. The van der Waals surface area contributed by atoms with Crippen molar-refractivity contribution in [1.82, 2.24) is 40.2 Å². The predicted octanol–water partition coefficient (Wildman–Crippen LogP) is 2.52. The Morgan fingerprint density at radius 1 is 1.00 bits per heavy atom. The van der Waals surface area contributed by atoms with Crippen LogP contribution in [0.2, 0.25) is 0 Å². The Labute approximate surface area is 185 Å². The van der Waals surface area contributed by atoms with E-state index >= 15 is 0 Å². The van der Waals surface area contributed by atoms with Crippen molar-refractivity contribution in [2.24, 2.45) is 0 Å². The van der Waals surface area contributed by atoms with Crippen LogP contribution in [-0.2, 0) is 12.7 Å². The summed E-state index contributed by atoms with van der Waals surface area (Å²) in [5, 5.41) is 19.5. The van der Waals surface area contributed by atoms with Gasteiger partial charge in [0.1, 0.15) is 0 Å². The van der Waals surface area contributed by atoms with Gasteiger partial charge in [0, 0.05) is 31.6 Å². The molecule has 2 aromatic heterocycles. The molecule has 9 nitrogen and oxygen atoms in total.